The maximum absolute atomic E-state index is 11.6. The molecule has 3 amide bonds. The average molecular weight is 277 g/mol. The molecule has 2 rings (SSSR count). The zero-order valence-corrected chi connectivity index (χ0v) is 11.0. The molecule has 0 bridgehead atoms. The van der Waals surface area contributed by atoms with Crippen LogP contribution in [0.5, 0.6) is 0 Å². The van der Waals surface area contributed by atoms with Crippen molar-refractivity contribution in [3.8, 4) is 0 Å². The molecule has 1 aliphatic rings. The van der Waals surface area contributed by atoms with Crippen molar-refractivity contribution in [2.75, 3.05) is 32.1 Å². The van der Waals surface area contributed by atoms with Gasteiger partial charge in [0.05, 0.1) is 24.3 Å². The number of methoxy groups -OCH3 is 1. The number of hydrogen-bond donors (Lipinski definition) is 3. The fraction of sp³-hybridized carbons (Fsp3) is 0.308. The Hall–Kier alpha value is -2.25. The minimum Gasteiger partial charge on any atom is -0.383 e. The van der Waals surface area contributed by atoms with Gasteiger partial charge in [0.25, 0.3) is 11.8 Å². The SMILES string of the molecule is COCCNCC(=O)Nc1ccc2c(c1)C(=O)NC2=O. The highest BCUT2D eigenvalue weighted by Gasteiger charge is 2.26. The van der Waals surface area contributed by atoms with Gasteiger partial charge in [-0.25, -0.2) is 0 Å². The number of hydrogen-bond acceptors (Lipinski definition) is 5. The standard InChI is InChI=1S/C13H15N3O4/c1-20-5-4-14-7-11(17)15-8-2-3-9-10(6-8)13(19)16-12(9)18/h2-3,6,14H,4-5,7H2,1H3,(H,15,17)(H,16,18,19). The summed E-state index contributed by atoms with van der Waals surface area (Å²) >= 11 is 0. The summed E-state index contributed by atoms with van der Waals surface area (Å²) in [5.41, 5.74) is 1.08. The van der Waals surface area contributed by atoms with Gasteiger partial charge >= 0.3 is 0 Å². The third kappa shape index (κ3) is 3.19. The summed E-state index contributed by atoms with van der Waals surface area (Å²) in [6.45, 7) is 1.24. The number of anilines is 1. The maximum Gasteiger partial charge on any atom is 0.259 e. The third-order valence-corrected chi connectivity index (χ3v) is 2.79. The number of fused-ring (bicyclic) bond motifs is 1. The van der Waals surface area contributed by atoms with E-state index in [9.17, 15) is 14.4 Å². The first-order chi connectivity index (χ1) is 9.61. The molecule has 7 heteroatoms. The van der Waals surface area contributed by atoms with Crippen molar-refractivity contribution in [2.45, 2.75) is 0 Å². The van der Waals surface area contributed by atoms with Gasteiger partial charge in [-0.3, -0.25) is 19.7 Å². The Labute approximate surface area is 115 Å². The number of carbonyl (C=O) groups is 3. The second-order valence-electron chi connectivity index (χ2n) is 4.26. The van der Waals surface area contributed by atoms with Crippen LogP contribution in [0.2, 0.25) is 0 Å². The minimum absolute atomic E-state index is 0.144. The smallest absolute Gasteiger partial charge is 0.259 e. The van der Waals surface area contributed by atoms with E-state index in [1.807, 2.05) is 0 Å². The fourth-order valence-electron chi connectivity index (χ4n) is 1.83. The third-order valence-electron chi connectivity index (χ3n) is 2.79. The van der Waals surface area contributed by atoms with E-state index < -0.39 is 11.8 Å². The number of carbonyl (C=O) groups excluding carboxylic acids is 3. The molecule has 106 valence electrons. The van der Waals surface area contributed by atoms with E-state index in [1.54, 1.807) is 13.2 Å². The fourth-order valence-corrected chi connectivity index (χ4v) is 1.83. The molecule has 3 N–H and O–H groups in total. The molecule has 0 unspecified atom stereocenters. The van der Waals surface area contributed by atoms with Crippen molar-refractivity contribution in [1.29, 1.82) is 0 Å². The Bertz CT molecular complexity index is 557. The van der Waals surface area contributed by atoms with Crippen LogP contribution in [0.15, 0.2) is 18.2 Å². The summed E-state index contributed by atoms with van der Waals surface area (Å²) in [5, 5.41) is 7.75. The van der Waals surface area contributed by atoms with E-state index >= 15 is 0 Å². The molecule has 1 aliphatic heterocycles. The highest BCUT2D eigenvalue weighted by atomic mass is 16.5. The van der Waals surface area contributed by atoms with Crippen LogP contribution in [0.4, 0.5) is 5.69 Å². The summed E-state index contributed by atoms with van der Waals surface area (Å²) in [6, 6.07) is 4.59. The predicted molar refractivity (Wildman–Crippen MR) is 71.6 cm³/mol. The average Bonchev–Trinajstić information content (AvgIpc) is 2.70. The molecule has 0 fully saturated rings. The van der Waals surface area contributed by atoms with Crippen molar-refractivity contribution >= 4 is 23.4 Å². The maximum atomic E-state index is 11.6. The lowest BCUT2D eigenvalue weighted by molar-refractivity contribution is -0.115. The van der Waals surface area contributed by atoms with Gasteiger partial charge in [-0.05, 0) is 18.2 Å². The second-order valence-corrected chi connectivity index (χ2v) is 4.26. The van der Waals surface area contributed by atoms with Gasteiger partial charge in [0.1, 0.15) is 0 Å². The molecule has 0 radical (unpaired) electrons. The van der Waals surface area contributed by atoms with E-state index in [0.717, 1.165) is 0 Å². The molecule has 20 heavy (non-hydrogen) atoms. The second kappa shape index (κ2) is 6.27. The molecular formula is C13H15N3O4. The van der Waals surface area contributed by atoms with Crippen LogP contribution >= 0.6 is 0 Å². The summed E-state index contributed by atoms with van der Waals surface area (Å²) in [7, 11) is 1.58. The lowest BCUT2D eigenvalue weighted by atomic mass is 10.1. The van der Waals surface area contributed by atoms with Crippen molar-refractivity contribution in [1.82, 2.24) is 10.6 Å². The van der Waals surface area contributed by atoms with Crippen molar-refractivity contribution in [3.63, 3.8) is 0 Å². The zero-order valence-electron chi connectivity index (χ0n) is 11.0. The minimum atomic E-state index is -0.445. The molecule has 7 nitrogen and oxygen atoms in total. The van der Waals surface area contributed by atoms with Gasteiger partial charge in [0, 0.05) is 19.3 Å². The van der Waals surface area contributed by atoms with Gasteiger partial charge in [-0.1, -0.05) is 0 Å². The Morgan fingerprint density at radius 1 is 1.25 bits per heavy atom. The molecule has 1 aromatic rings. The van der Waals surface area contributed by atoms with Crippen LogP contribution in [-0.2, 0) is 9.53 Å². The lowest BCUT2D eigenvalue weighted by Gasteiger charge is -2.07. The topological polar surface area (TPSA) is 96.5 Å². The van der Waals surface area contributed by atoms with E-state index in [0.29, 0.717) is 24.4 Å². The summed E-state index contributed by atoms with van der Waals surface area (Å²) in [6.07, 6.45) is 0. The molecule has 1 heterocycles. The van der Waals surface area contributed by atoms with Crippen LogP contribution in [0.25, 0.3) is 0 Å². The van der Waals surface area contributed by atoms with Crippen LogP contribution in [0.1, 0.15) is 20.7 Å². The predicted octanol–water partition coefficient (Wildman–Crippen LogP) is -0.255. The Morgan fingerprint density at radius 2 is 2.00 bits per heavy atom. The normalized spacial score (nSPS) is 13.1. The van der Waals surface area contributed by atoms with Gasteiger partial charge < -0.3 is 15.4 Å². The van der Waals surface area contributed by atoms with Gasteiger partial charge in [0.15, 0.2) is 0 Å². The molecule has 0 saturated heterocycles. The largest absolute Gasteiger partial charge is 0.383 e. The number of ether oxygens (including phenoxy) is 1. The Balaban J connectivity index is 1.94. The van der Waals surface area contributed by atoms with Crippen LogP contribution < -0.4 is 16.0 Å². The summed E-state index contributed by atoms with van der Waals surface area (Å²) < 4.78 is 4.84. The first kappa shape index (κ1) is 14.2. The molecule has 0 spiro atoms. The quantitative estimate of drug-likeness (QED) is 0.492. The van der Waals surface area contributed by atoms with Gasteiger partial charge in [-0.2, -0.15) is 0 Å². The monoisotopic (exact) mass is 277 g/mol. The number of rotatable bonds is 6. The lowest BCUT2D eigenvalue weighted by Crippen LogP contribution is -2.30. The molecular weight excluding hydrogens is 262 g/mol. The molecule has 0 saturated carbocycles. The molecule has 0 aromatic heterocycles. The van der Waals surface area contributed by atoms with Crippen LogP contribution in [-0.4, -0.2) is 44.5 Å². The highest BCUT2D eigenvalue weighted by Crippen LogP contribution is 2.20. The van der Waals surface area contributed by atoms with Crippen molar-refractivity contribution < 1.29 is 19.1 Å². The van der Waals surface area contributed by atoms with Crippen LogP contribution in [0.3, 0.4) is 0 Å². The van der Waals surface area contributed by atoms with E-state index in [4.69, 9.17) is 4.74 Å². The Morgan fingerprint density at radius 3 is 2.75 bits per heavy atom. The van der Waals surface area contributed by atoms with Gasteiger partial charge in [-0.15, -0.1) is 0 Å². The first-order valence-corrected chi connectivity index (χ1v) is 6.11. The van der Waals surface area contributed by atoms with Crippen molar-refractivity contribution in [2.24, 2.45) is 0 Å². The number of nitrogens with one attached hydrogen (secondary N) is 3. The van der Waals surface area contributed by atoms with E-state index in [2.05, 4.69) is 16.0 Å². The summed E-state index contributed by atoms with van der Waals surface area (Å²) in [5.74, 6) is -1.09. The highest BCUT2D eigenvalue weighted by molar-refractivity contribution is 6.22. The number of imide groups is 1. The van der Waals surface area contributed by atoms with Gasteiger partial charge in [0.2, 0.25) is 5.91 Å². The molecule has 1 aromatic carbocycles. The molecule has 0 aliphatic carbocycles. The zero-order chi connectivity index (χ0) is 14.5. The van der Waals surface area contributed by atoms with Crippen LogP contribution in [0, 0.1) is 0 Å². The first-order valence-electron chi connectivity index (χ1n) is 6.11. The van der Waals surface area contributed by atoms with E-state index in [1.165, 1.54) is 12.1 Å². The van der Waals surface area contributed by atoms with Crippen molar-refractivity contribution in [3.05, 3.63) is 29.3 Å². The molecule has 0 atom stereocenters. The van der Waals surface area contributed by atoms with E-state index in [-0.39, 0.29) is 18.0 Å². The Kier molecular flexibility index (Phi) is 4.44. The number of benzene rings is 1. The summed E-state index contributed by atoms with van der Waals surface area (Å²) in [4.78, 5) is 34.5. The number of amides is 3.